The number of rotatable bonds is 2. The molecule has 1 aromatic heterocycles. The van der Waals surface area contributed by atoms with Gasteiger partial charge < -0.3 is 10.0 Å². The summed E-state index contributed by atoms with van der Waals surface area (Å²) in [5.74, 6) is 5.55. The van der Waals surface area contributed by atoms with Crippen molar-refractivity contribution in [3.63, 3.8) is 0 Å². The van der Waals surface area contributed by atoms with Crippen molar-refractivity contribution >= 4 is 17.2 Å². The molecular weight excluding hydrogens is 272 g/mol. The number of nitrogens with zero attached hydrogens (tertiary/aromatic N) is 2. The highest BCUT2D eigenvalue weighted by atomic mass is 32.1. The molecule has 4 nitrogen and oxygen atoms in total. The van der Waals surface area contributed by atoms with Crippen molar-refractivity contribution < 1.29 is 9.90 Å². The molecule has 0 spiro atoms. The summed E-state index contributed by atoms with van der Waals surface area (Å²) in [7, 11) is 0. The number of thiophene rings is 1. The molecule has 2 aliphatic rings. The first-order chi connectivity index (χ1) is 9.78. The van der Waals surface area contributed by atoms with E-state index in [0.29, 0.717) is 0 Å². The Morgan fingerprint density at radius 2 is 2.10 bits per heavy atom. The zero-order chi connectivity index (χ0) is 13.9. The summed E-state index contributed by atoms with van der Waals surface area (Å²) in [6.45, 7) is 3.49. The van der Waals surface area contributed by atoms with Crippen LogP contribution in [0.3, 0.4) is 0 Å². The first-order valence-corrected chi connectivity index (χ1v) is 7.87. The average molecular weight is 290 g/mol. The summed E-state index contributed by atoms with van der Waals surface area (Å²) < 4.78 is 0. The van der Waals surface area contributed by atoms with Gasteiger partial charge in [0.1, 0.15) is 6.61 Å². The van der Waals surface area contributed by atoms with E-state index in [9.17, 15) is 4.79 Å². The third-order valence-corrected chi connectivity index (χ3v) is 4.65. The van der Waals surface area contributed by atoms with Gasteiger partial charge in [0, 0.05) is 37.6 Å². The molecule has 1 aliphatic heterocycles. The largest absolute Gasteiger partial charge is 0.384 e. The van der Waals surface area contributed by atoms with E-state index in [4.69, 9.17) is 5.11 Å². The van der Waals surface area contributed by atoms with Crippen molar-refractivity contribution in [2.45, 2.75) is 18.9 Å². The summed E-state index contributed by atoms with van der Waals surface area (Å²) in [5.41, 5.74) is 0.720. The maximum atomic E-state index is 12.4. The van der Waals surface area contributed by atoms with E-state index in [1.807, 2.05) is 16.3 Å². The predicted octanol–water partition coefficient (Wildman–Crippen LogP) is 1.01. The van der Waals surface area contributed by atoms with Crippen LogP contribution in [-0.2, 0) is 0 Å². The van der Waals surface area contributed by atoms with Crippen LogP contribution in [0.5, 0.6) is 0 Å². The third kappa shape index (κ3) is 3.04. The molecule has 0 radical (unpaired) electrons. The van der Waals surface area contributed by atoms with Gasteiger partial charge in [-0.3, -0.25) is 9.69 Å². The Labute approximate surface area is 123 Å². The van der Waals surface area contributed by atoms with E-state index in [1.54, 1.807) is 0 Å². The molecule has 1 saturated heterocycles. The fourth-order valence-electron chi connectivity index (χ4n) is 2.55. The Morgan fingerprint density at radius 1 is 1.35 bits per heavy atom. The number of amides is 1. The lowest BCUT2D eigenvalue weighted by Crippen LogP contribution is -2.49. The number of carbonyl (C=O) groups is 1. The molecule has 0 bridgehead atoms. The van der Waals surface area contributed by atoms with E-state index in [1.165, 1.54) is 24.2 Å². The standard InChI is InChI=1S/C15H18N2O2S/c18-9-1-2-14-10-12(11-20-14)15(19)17-7-5-16(6-8-17)13-3-4-13/h10-11,13,18H,3-9H2. The second kappa shape index (κ2) is 5.96. The fourth-order valence-corrected chi connectivity index (χ4v) is 3.30. The van der Waals surface area contributed by atoms with Gasteiger partial charge in [0.25, 0.3) is 5.91 Å². The van der Waals surface area contributed by atoms with Crippen LogP contribution in [-0.4, -0.2) is 59.6 Å². The summed E-state index contributed by atoms with van der Waals surface area (Å²) in [6.07, 6.45) is 2.65. The van der Waals surface area contributed by atoms with Crippen molar-refractivity contribution in [2.75, 3.05) is 32.8 Å². The number of aliphatic hydroxyl groups excluding tert-OH is 1. The quantitative estimate of drug-likeness (QED) is 0.827. The summed E-state index contributed by atoms with van der Waals surface area (Å²) in [5, 5.41) is 10.5. The van der Waals surface area contributed by atoms with Crippen LogP contribution in [0.15, 0.2) is 11.4 Å². The van der Waals surface area contributed by atoms with Gasteiger partial charge in [0.05, 0.1) is 10.4 Å². The molecule has 3 rings (SSSR count). The van der Waals surface area contributed by atoms with Gasteiger partial charge in [-0.15, -0.1) is 11.3 Å². The maximum Gasteiger partial charge on any atom is 0.254 e. The molecule has 0 atom stereocenters. The zero-order valence-electron chi connectivity index (χ0n) is 11.3. The Balaban J connectivity index is 1.59. The first-order valence-electron chi connectivity index (χ1n) is 6.99. The first kappa shape index (κ1) is 13.6. The Bertz CT molecular complexity index is 546. The molecule has 5 heteroatoms. The normalized spacial score (nSPS) is 19.6. The molecular formula is C15H18N2O2S. The zero-order valence-corrected chi connectivity index (χ0v) is 12.2. The number of hydrogen-bond acceptors (Lipinski definition) is 4. The van der Waals surface area contributed by atoms with Crippen molar-refractivity contribution in [3.05, 3.63) is 21.9 Å². The molecule has 0 unspecified atom stereocenters. The Hall–Kier alpha value is -1.35. The van der Waals surface area contributed by atoms with Crippen LogP contribution in [0.2, 0.25) is 0 Å². The lowest BCUT2D eigenvalue weighted by molar-refractivity contribution is 0.0628. The third-order valence-electron chi connectivity index (χ3n) is 3.80. The van der Waals surface area contributed by atoms with E-state index >= 15 is 0 Å². The molecule has 20 heavy (non-hydrogen) atoms. The number of hydrogen-bond donors (Lipinski definition) is 1. The second-order valence-corrected chi connectivity index (χ2v) is 6.13. The van der Waals surface area contributed by atoms with Crippen molar-refractivity contribution in [1.82, 2.24) is 9.80 Å². The van der Waals surface area contributed by atoms with Crippen LogP contribution in [0.25, 0.3) is 0 Å². The SMILES string of the molecule is O=C(c1csc(C#CCO)c1)N1CCN(C2CC2)CC1. The van der Waals surface area contributed by atoms with Crippen LogP contribution >= 0.6 is 11.3 Å². The minimum Gasteiger partial charge on any atom is -0.384 e. The highest BCUT2D eigenvalue weighted by Crippen LogP contribution is 2.27. The molecule has 1 aromatic rings. The monoisotopic (exact) mass is 290 g/mol. The van der Waals surface area contributed by atoms with Gasteiger partial charge in [-0.2, -0.15) is 0 Å². The van der Waals surface area contributed by atoms with Gasteiger partial charge in [-0.25, -0.2) is 0 Å². The smallest absolute Gasteiger partial charge is 0.254 e. The van der Waals surface area contributed by atoms with E-state index in [-0.39, 0.29) is 12.5 Å². The summed E-state index contributed by atoms with van der Waals surface area (Å²) in [4.78, 5) is 17.7. The topological polar surface area (TPSA) is 43.8 Å². The van der Waals surface area contributed by atoms with Crippen molar-refractivity contribution in [3.8, 4) is 11.8 Å². The summed E-state index contributed by atoms with van der Waals surface area (Å²) >= 11 is 1.45. The lowest BCUT2D eigenvalue weighted by atomic mass is 10.2. The molecule has 2 heterocycles. The van der Waals surface area contributed by atoms with E-state index in [2.05, 4.69) is 16.7 Å². The van der Waals surface area contributed by atoms with Crippen LogP contribution in [0.4, 0.5) is 0 Å². The van der Waals surface area contributed by atoms with Crippen LogP contribution < -0.4 is 0 Å². The van der Waals surface area contributed by atoms with Crippen LogP contribution in [0, 0.1) is 11.8 Å². The Kier molecular flexibility index (Phi) is 4.06. The highest BCUT2D eigenvalue weighted by molar-refractivity contribution is 7.10. The van der Waals surface area contributed by atoms with Gasteiger partial charge in [0.2, 0.25) is 0 Å². The number of piperazine rings is 1. The molecule has 1 N–H and O–H groups in total. The molecule has 1 amide bonds. The number of aliphatic hydroxyl groups is 1. The Morgan fingerprint density at radius 3 is 2.75 bits per heavy atom. The maximum absolute atomic E-state index is 12.4. The van der Waals surface area contributed by atoms with E-state index in [0.717, 1.165) is 42.7 Å². The molecule has 1 aliphatic carbocycles. The predicted molar refractivity (Wildman–Crippen MR) is 78.8 cm³/mol. The summed E-state index contributed by atoms with van der Waals surface area (Å²) in [6, 6.07) is 2.61. The number of carbonyl (C=O) groups excluding carboxylic acids is 1. The van der Waals surface area contributed by atoms with E-state index < -0.39 is 0 Å². The minimum atomic E-state index is -0.149. The average Bonchev–Trinajstić information content (AvgIpc) is 3.23. The molecule has 0 aromatic carbocycles. The van der Waals surface area contributed by atoms with Crippen molar-refractivity contribution in [1.29, 1.82) is 0 Å². The van der Waals surface area contributed by atoms with Gasteiger partial charge in [-0.1, -0.05) is 11.8 Å². The highest BCUT2D eigenvalue weighted by Gasteiger charge is 2.32. The van der Waals surface area contributed by atoms with Crippen LogP contribution in [0.1, 0.15) is 28.1 Å². The fraction of sp³-hybridized carbons (Fsp3) is 0.533. The minimum absolute atomic E-state index is 0.105. The molecule has 2 fully saturated rings. The van der Waals surface area contributed by atoms with Gasteiger partial charge in [0.15, 0.2) is 0 Å². The second-order valence-electron chi connectivity index (χ2n) is 5.22. The van der Waals surface area contributed by atoms with Gasteiger partial charge >= 0.3 is 0 Å². The lowest BCUT2D eigenvalue weighted by Gasteiger charge is -2.34. The van der Waals surface area contributed by atoms with Gasteiger partial charge in [-0.05, 0) is 18.9 Å². The van der Waals surface area contributed by atoms with Crippen molar-refractivity contribution in [2.24, 2.45) is 0 Å². The molecule has 1 saturated carbocycles. The molecule has 106 valence electrons.